The molecular weight excluding hydrogens is 1260 g/mol. The van der Waals surface area contributed by atoms with Crippen molar-refractivity contribution in [2.45, 2.75) is 51.6 Å². The molecule has 0 unspecified atom stereocenters. The lowest BCUT2D eigenvalue weighted by atomic mass is 10.1. The van der Waals surface area contributed by atoms with Crippen molar-refractivity contribution in [3.63, 3.8) is 0 Å². The van der Waals surface area contributed by atoms with E-state index in [2.05, 4.69) is 197 Å². The largest absolute Gasteiger partial charge is 1.00 e. The van der Waals surface area contributed by atoms with Crippen molar-refractivity contribution in [3.8, 4) is 0 Å². The summed E-state index contributed by atoms with van der Waals surface area (Å²) in [5.41, 5.74) is 7.61. The van der Waals surface area contributed by atoms with Crippen molar-refractivity contribution in [1.29, 1.82) is 0 Å². The van der Waals surface area contributed by atoms with Crippen LogP contribution in [0.1, 0.15) is 59.7 Å². The Balaban J connectivity index is 0.00000331. The molecule has 0 bridgehead atoms. The molecule has 0 amide bonds. The Morgan fingerprint density at radius 1 is 0.435 bits per heavy atom. The van der Waals surface area contributed by atoms with Crippen LogP contribution >= 0.6 is 22.7 Å². The fourth-order valence-corrected chi connectivity index (χ4v) is 10.1. The summed E-state index contributed by atoms with van der Waals surface area (Å²) in [7, 11) is 18.0. The zero-order valence-electron chi connectivity index (χ0n) is 38.0. The molecule has 0 aliphatic carbocycles. The van der Waals surface area contributed by atoms with E-state index in [0.717, 1.165) is 22.1 Å². The molecule has 0 saturated heterocycles. The van der Waals surface area contributed by atoms with Gasteiger partial charge in [0.1, 0.15) is 9.40 Å². The van der Waals surface area contributed by atoms with Gasteiger partial charge in [0.15, 0.2) is 13.1 Å². The molecule has 0 spiro atoms. The second kappa shape index (κ2) is 27.3. The zero-order chi connectivity index (χ0) is 41.1. The zero-order valence-corrected chi connectivity index (χ0v) is 48.3. The number of nitrogens with zero attached hydrogens (tertiary/aromatic N) is 6. The van der Waals surface area contributed by atoms with Gasteiger partial charge in [0.05, 0.1) is 67.2 Å². The fraction of sp³-hybridized carbons (Fsp3) is 0.400. The molecular formula is C50H68I4N6S2. The number of aryl methyl sites for hydroxylation is 2. The maximum absolute atomic E-state index is 2.54. The van der Waals surface area contributed by atoms with Crippen LogP contribution in [0.4, 0.5) is 11.4 Å². The third-order valence-electron chi connectivity index (χ3n) is 11.5. The van der Waals surface area contributed by atoms with Crippen LogP contribution in [-0.4, -0.2) is 91.5 Å². The van der Waals surface area contributed by atoms with Gasteiger partial charge in [-0.15, -0.1) is 0 Å². The van der Waals surface area contributed by atoms with Crippen molar-refractivity contribution < 1.29 is 114 Å². The van der Waals surface area contributed by atoms with E-state index in [1.165, 1.54) is 118 Å². The minimum absolute atomic E-state index is 0. The topological polar surface area (TPSA) is 14.2 Å². The monoisotopic (exact) mass is 1320 g/mol. The molecule has 12 heteroatoms. The molecule has 62 heavy (non-hydrogen) atoms. The highest BCUT2D eigenvalue weighted by Crippen LogP contribution is 2.25. The van der Waals surface area contributed by atoms with Gasteiger partial charge < -0.3 is 115 Å². The number of rotatable bonds is 21. The second-order valence-electron chi connectivity index (χ2n) is 17.6. The van der Waals surface area contributed by atoms with Crippen molar-refractivity contribution >= 4 is 78.8 Å². The average Bonchev–Trinajstić information content (AvgIpc) is 3.75. The Morgan fingerprint density at radius 3 is 1.13 bits per heavy atom. The van der Waals surface area contributed by atoms with Crippen molar-refractivity contribution in [2.24, 2.45) is 0 Å². The summed E-state index contributed by atoms with van der Waals surface area (Å²) in [6, 6.07) is 35.3. The molecule has 0 fully saturated rings. The fourth-order valence-electron chi connectivity index (χ4n) is 7.89. The number of quaternary nitrogens is 2. The normalized spacial score (nSPS) is 11.7. The number of hydrogen-bond acceptors (Lipinski definition) is 4. The highest BCUT2D eigenvalue weighted by Gasteiger charge is 2.23. The average molecular weight is 1320 g/mol. The standard InChI is InChI=1S/C50H68N6S2.4HI/c1-51(2)43-29-23-41(24-30-43)27-33-49-53(45-19-11-13-21-47(45)57-49)35-17-39-55(5,6)37-15-9-10-16-38-56(7,8)40-18-36-54-46-20-12-14-22-48(46)58-50(54)34-28-42-25-31-44(32-26-42)52(3)4;;;;/h11-14,19-34H,9-10,15-18,35-40H2,1-8H3;4*1H/q+4;;;;/p-4. The summed E-state index contributed by atoms with van der Waals surface area (Å²) >= 11 is 3.79. The van der Waals surface area contributed by atoms with E-state index >= 15 is 0 Å². The molecule has 2 aromatic heterocycles. The molecule has 2 heterocycles. The molecule has 338 valence electrons. The van der Waals surface area contributed by atoms with Crippen molar-refractivity contribution in [3.05, 3.63) is 118 Å². The number of halogens is 4. The molecule has 6 nitrogen and oxygen atoms in total. The molecule has 0 N–H and O–H groups in total. The van der Waals surface area contributed by atoms with Gasteiger partial charge >= 0.3 is 0 Å². The predicted molar refractivity (Wildman–Crippen MR) is 255 cm³/mol. The Hall–Kier alpha value is -1.42. The Morgan fingerprint density at radius 2 is 0.774 bits per heavy atom. The summed E-state index contributed by atoms with van der Waals surface area (Å²) in [6.45, 7) is 6.95. The number of hydrogen-bond donors (Lipinski definition) is 0. The van der Waals surface area contributed by atoms with Crippen LogP contribution in [0.25, 0.3) is 44.7 Å². The van der Waals surface area contributed by atoms with Gasteiger partial charge in [0, 0.05) is 63.9 Å². The first-order valence-corrected chi connectivity index (χ1v) is 22.9. The Bertz CT molecular complexity index is 2120. The molecule has 6 rings (SSSR count). The first-order valence-electron chi connectivity index (χ1n) is 21.3. The van der Waals surface area contributed by atoms with Crippen LogP contribution in [-0.2, 0) is 13.1 Å². The van der Waals surface area contributed by atoms with Gasteiger partial charge in [-0.25, -0.2) is 0 Å². The number of benzene rings is 4. The summed E-state index contributed by atoms with van der Waals surface area (Å²) in [4.78, 5) is 4.29. The van der Waals surface area contributed by atoms with Gasteiger partial charge in [-0.1, -0.05) is 71.2 Å². The molecule has 0 saturated carbocycles. The van der Waals surface area contributed by atoms with Crippen molar-refractivity contribution in [1.82, 2.24) is 0 Å². The lowest BCUT2D eigenvalue weighted by Crippen LogP contribution is -3.00. The van der Waals surface area contributed by atoms with E-state index in [4.69, 9.17) is 0 Å². The summed E-state index contributed by atoms with van der Waals surface area (Å²) in [6.07, 6.45) is 16.7. The maximum atomic E-state index is 2.54. The smallest absolute Gasteiger partial charge is 0.262 e. The first-order chi connectivity index (χ1) is 27.9. The first kappa shape index (κ1) is 56.7. The van der Waals surface area contributed by atoms with Crippen LogP contribution < -0.4 is 115 Å². The van der Waals surface area contributed by atoms with Crippen LogP contribution in [0.15, 0.2) is 97.1 Å². The number of anilines is 2. The van der Waals surface area contributed by atoms with Gasteiger partial charge in [-0.2, -0.15) is 9.13 Å². The van der Waals surface area contributed by atoms with E-state index in [9.17, 15) is 0 Å². The van der Waals surface area contributed by atoms with Crippen LogP contribution in [0.2, 0.25) is 0 Å². The second-order valence-corrected chi connectivity index (χ2v) is 19.8. The summed E-state index contributed by atoms with van der Waals surface area (Å²) in [5.74, 6) is 0. The van der Waals surface area contributed by atoms with E-state index in [-0.39, 0.29) is 95.9 Å². The third-order valence-corrected chi connectivity index (χ3v) is 13.8. The van der Waals surface area contributed by atoms with Gasteiger partial charge in [0.2, 0.25) is 11.0 Å². The summed E-state index contributed by atoms with van der Waals surface area (Å²) < 4.78 is 9.96. The number of thiazole rings is 2. The molecule has 0 aliphatic rings. The highest BCUT2D eigenvalue weighted by atomic mass is 127. The molecule has 6 aromatic rings. The number of fused-ring (bicyclic) bond motifs is 2. The van der Waals surface area contributed by atoms with Gasteiger partial charge in [-0.3, -0.25) is 0 Å². The lowest BCUT2D eigenvalue weighted by Gasteiger charge is -2.30. The minimum atomic E-state index is 0. The molecule has 0 aliphatic heterocycles. The van der Waals surface area contributed by atoms with E-state index in [1.807, 2.05) is 22.7 Å². The molecule has 4 aromatic carbocycles. The predicted octanol–water partition coefficient (Wildman–Crippen LogP) is -1.63. The van der Waals surface area contributed by atoms with E-state index in [0.29, 0.717) is 0 Å². The Labute approximate surface area is 450 Å². The highest BCUT2D eigenvalue weighted by molar-refractivity contribution is 7.19. The van der Waals surface area contributed by atoms with Crippen LogP contribution in [0, 0.1) is 0 Å². The number of aromatic nitrogens is 2. The molecule has 0 atom stereocenters. The van der Waals surface area contributed by atoms with E-state index in [1.54, 1.807) is 0 Å². The Kier molecular flexibility index (Phi) is 24.9. The maximum Gasteiger partial charge on any atom is 0.262 e. The molecule has 0 radical (unpaired) electrons. The summed E-state index contributed by atoms with van der Waals surface area (Å²) in [5, 5.41) is 2.64. The van der Waals surface area contributed by atoms with E-state index < -0.39 is 0 Å². The number of unbranched alkanes of at least 4 members (excludes halogenated alkanes) is 3. The van der Waals surface area contributed by atoms with Crippen LogP contribution in [0.3, 0.4) is 0 Å². The quantitative estimate of drug-likeness (QED) is 0.0373. The van der Waals surface area contributed by atoms with Crippen molar-refractivity contribution in [2.75, 3.05) is 92.4 Å². The van der Waals surface area contributed by atoms with Crippen LogP contribution in [0.5, 0.6) is 0 Å². The van der Waals surface area contributed by atoms with Gasteiger partial charge in [0.25, 0.3) is 10.0 Å². The lowest BCUT2D eigenvalue weighted by molar-refractivity contribution is -0.893. The third kappa shape index (κ3) is 16.8. The minimum Gasteiger partial charge on any atom is -1.00 e. The van der Waals surface area contributed by atoms with Gasteiger partial charge in [-0.05, 0) is 85.4 Å². The SMILES string of the molecule is CN(C)c1ccc(/C=C/c2sc3ccccc3[n+]2CCC[N+](C)(C)CCCCCC[N+](C)(C)CCC[n+]2c(/C=C/c3ccc(N(C)C)cc3)sc3ccccc32)cc1.[I-].[I-].[I-].[I-]. The number of para-hydroxylation sites is 2.